The summed E-state index contributed by atoms with van der Waals surface area (Å²) in [6.07, 6.45) is 4.74. The van der Waals surface area contributed by atoms with E-state index in [-0.39, 0.29) is 22.5 Å². The van der Waals surface area contributed by atoms with E-state index < -0.39 is 0 Å². The number of aromatic hydroxyl groups is 1. The minimum Gasteiger partial charge on any atom is -0.507 e. The molecular weight excluding hydrogens is 316 g/mol. The molecule has 3 aliphatic rings. The van der Waals surface area contributed by atoms with Crippen molar-refractivity contribution in [2.75, 3.05) is 12.8 Å². The molecule has 2 aromatic rings. The van der Waals surface area contributed by atoms with Crippen molar-refractivity contribution >= 4 is 11.7 Å². The molecule has 5 rings (SSSR count). The molecule has 1 aromatic heterocycles. The average Bonchev–Trinajstić information content (AvgIpc) is 2.54. The van der Waals surface area contributed by atoms with Crippen molar-refractivity contribution in [2.45, 2.75) is 32.1 Å². The van der Waals surface area contributed by atoms with E-state index in [1.54, 1.807) is 19.2 Å². The summed E-state index contributed by atoms with van der Waals surface area (Å²) in [5.41, 5.74) is 8.42. The zero-order valence-electron chi connectivity index (χ0n) is 14.2. The highest BCUT2D eigenvalue weighted by Crippen LogP contribution is 2.75. The number of aryl methyl sites for hydroxylation is 1. The molecule has 6 nitrogen and oxygen atoms in total. The minimum absolute atomic E-state index is 0.0994. The molecular formula is C19H22N4O2. The van der Waals surface area contributed by atoms with Gasteiger partial charge in [0.1, 0.15) is 11.6 Å². The Hall–Kier alpha value is -2.63. The molecule has 1 amide bonds. The standard InChI is InChI=1S/C19H22N4O2/c1-21-17(25)19-9-18(10-19,11-19)7-6-12-8-14(22-23-16(12)20)13-4-2-3-5-15(13)24/h2-5,8,24H,6-7,9-11H2,1H3,(H2,20,23)(H,21,25). The molecule has 6 heteroatoms. The Balaban J connectivity index is 1.47. The molecule has 25 heavy (non-hydrogen) atoms. The fraction of sp³-hybridized carbons (Fsp3) is 0.421. The Morgan fingerprint density at radius 2 is 2.00 bits per heavy atom. The molecule has 0 atom stereocenters. The molecule has 4 N–H and O–H groups in total. The SMILES string of the molecule is CNC(=O)C12CC(CCc3cc(-c4ccccc4O)nnc3N)(C1)C2. The zero-order chi connectivity index (χ0) is 17.7. The van der Waals surface area contributed by atoms with Crippen LogP contribution in [0.1, 0.15) is 31.2 Å². The van der Waals surface area contributed by atoms with Crippen LogP contribution >= 0.6 is 0 Å². The molecule has 1 heterocycles. The molecule has 3 saturated carbocycles. The Morgan fingerprint density at radius 1 is 1.28 bits per heavy atom. The number of nitrogen functional groups attached to an aromatic ring is 1. The van der Waals surface area contributed by atoms with Gasteiger partial charge < -0.3 is 16.2 Å². The number of aromatic nitrogens is 2. The maximum absolute atomic E-state index is 11.9. The van der Waals surface area contributed by atoms with E-state index in [0.717, 1.165) is 37.7 Å². The van der Waals surface area contributed by atoms with Crippen molar-refractivity contribution in [3.63, 3.8) is 0 Å². The van der Waals surface area contributed by atoms with E-state index in [2.05, 4.69) is 15.5 Å². The number of benzene rings is 1. The van der Waals surface area contributed by atoms with Gasteiger partial charge in [-0.1, -0.05) is 12.1 Å². The topological polar surface area (TPSA) is 101 Å². The van der Waals surface area contributed by atoms with Crippen molar-refractivity contribution in [1.29, 1.82) is 0 Å². The van der Waals surface area contributed by atoms with Crippen LogP contribution in [-0.4, -0.2) is 28.3 Å². The van der Waals surface area contributed by atoms with Crippen LogP contribution in [0.15, 0.2) is 30.3 Å². The third kappa shape index (κ3) is 2.44. The van der Waals surface area contributed by atoms with Gasteiger partial charge in [-0.15, -0.1) is 10.2 Å². The average molecular weight is 338 g/mol. The van der Waals surface area contributed by atoms with Gasteiger partial charge in [0.25, 0.3) is 0 Å². The molecule has 0 radical (unpaired) electrons. The van der Waals surface area contributed by atoms with E-state index in [4.69, 9.17) is 5.73 Å². The number of phenolic OH excluding ortho intramolecular Hbond substituents is 1. The highest BCUT2D eigenvalue weighted by Gasteiger charge is 2.70. The van der Waals surface area contributed by atoms with Crippen molar-refractivity contribution in [3.8, 4) is 17.0 Å². The van der Waals surface area contributed by atoms with Crippen molar-refractivity contribution in [2.24, 2.45) is 10.8 Å². The second kappa shape index (κ2) is 5.44. The number of hydrogen-bond acceptors (Lipinski definition) is 5. The monoisotopic (exact) mass is 338 g/mol. The fourth-order valence-corrected chi connectivity index (χ4v) is 4.63. The number of nitrogens with two attached hydrogens (primary N) is 1. The predicted molar refractivity (Wildman–Crippen MR) is 94.6 cm³/mol. The van der Waals surface area contributed by atoms with Crippen LogP contribution in [0, 0.1) is 10.8 Å². The molecule has 1 aromatic carbocycles. The van der Waals surface area contributed by atoms with Gasteiger partial charge in [0, 0.05) is 12.6 Å². The number of anilines is 1. The number of rotatable bonds is 5. The smallest absolute Gasteiger partial charge is 0.226 e. The first-order valence-corrected chi connectivity index (χ1v) is 8.60. The number of nitrogens with one attached hydrogen (secondary N) is 1. The van der Waals surface area contributed by atoms with Gasteiger partial charge in [-0.25, -0.2) is 0 Å². The summed E-state index contributed by atoms with van der Waals surface area (Å²) >= 11 is 0. The van der Waals surface area contributed by atoms with Crippen molar-refractivity contribution in [1.82, 2.24) is 15.5 Å². The van der Waals surface area contributed by atoms with Gasteiger partial charge in [-0.3, -0.25) is 4.79 Å². The van der Waals surface area contributed by atoms with Gasteiger partial charge in [0.2, 0.25) is 5.91 Å². The Bertz CT molecular complexity index is 829. The predicted octanol–water partition coefficient (Wildman–Crippen LogP) is 2.28. The van der Waals surface area contributed by atoms with Crippen molar-refractivity contribution in [3.05, 3.63) is 35.9 Å². The Labute approximate surface area is 146 Å². The first-order valence-electron chi connectivity index (χ1n) is 8.60. The lowest BCUT2D eigenvalue weighted by molar-refractivity contribution is -0.209. The van der Waals surface area contributed by atoms with Gasteiger partial charge in [0.05, 0.1) is 11.1 Å². The molecule has 3 aliphatic carbocycles. The molecule has 3 fully saturated rings. The second-order valence-corrected chi connectivity index (χ2v) is 7.55. The zero-order valence-corrected chi connectivity index (χ0v) is 14.2. The third-order valence-electron chi connectivity index (χ3n) is 5.86. The van der Waals surface area contributed by atoms with Crippen LogP contribution in [0.25, 0.3) is 11.3 Å². The van der Waals surface area contributed by atoms with E-state index in [1.165, 1.54) is 0 Å². The number of carbonyl (C=O) groups is 1. The lowest BCUT2D eigenvalue weighted by Gasteiger charge is -2.69. The first kappa shape index (κ1) is 15.9. The normalized spacial score (nSPS) is 26.4. The molecule has 0 unspecified atom stereocenters. The third-order valence-corrected chi connectivity index (χ3v) is 5.86. The lowest BCUT2D eigenvalue weighted by atomic mass is 9.34. The fourth-order valence-electron chi connectivity index (χ4n) is 4.63. The lowest BCUT2D eigenvalue weighted by Crippen LogP contribution is -2.67. The molecule has 0 aliphatic heterocycles. The van der Waals surface area contributed by atoms with E-state index in [9.17, 15) is 9.90 Å². The van der Waals surface area contributed by atoms with Crippen LogP contribution in [0.5, 0.6) is 5.75 Å². The molecule has 0 saturated heterocycles. The van der Waals surface area contributed by atoms with E-state index >= 15 is 0 Å². The Kier molecular flexibility index (Phi) is 3.45. The van der Waals surface area contributed by atoms with Crippen molar-refractivity contribution < 1.29 is 9.90 Å². The van der Waals surface area contributed by atoms with Crippen LogP contribution in [0.2, 0.25) is 0 Å². The number of phenols is 1. The summed E-state index contributed by atoms with van der Waals surface area (Å²) in [6.45, 7) is 0. The number of para-hydroxylation sites is 1. The van der Waals surface area contributed by atoms with Crippen LogP contribution in [0.4, 0.5) is 5.82 Å². The summed E-state index contributed by atoms with van der Waals surface area (Å²) in [6, 6.07) is 8.99. The molecule has 0 spiro atoms. The maximum Gasteiger partial charge on any atom is 0.226 e. The highest BCUT2D eigenvalue weighted by molar-refractivity contribution is 5.86. The van der Waals surface area contributed by atoms with Crippen LogP contribution in [0.3, 0.4) is 0 Å². The Morgan fingerprint density at radius 3 is 2.68 bits per heavy atom. The van der Waals surface area contributed by atoms with E-state index in [0.29, 0.717) is 17.1 Å². The van der Waals surface area contributed by atoms with Gasteiger partial charge >= 0.3 is 0 Å². The number of amides is 1. The van der Waals surface area contributed by atoms with Crippen LogP contribution < -0.4 is 11.1 Å². The highest BCUT2D eigenvalue weighted by atomic mass is 16.3. The van der Waals surface area contributed by atoms with Gasteiger partial charge in [-0.05, 0) is 61.3 Å². The molecule has 2 bridgehead atoms. The molecule has 130 valence electrons. The maximum atomic E-state index is 11.9. The largest absolute Gasteiger partial charge is 0.507 e. The summed E-state index contributed by atoms with van der Waals surface area (Å²) in [7, 11) is 1.71. The van der Waals surface area contributed by atoms with Crippen LogP contribution in [-0.2, 0) is 11.2 Å². The quantitative estimate of drug-likeness (QED) is 0.776. The number of nitrogens with zero attached hydrogens (tertiary/aromatic N) is 2. The number of hydrogen-bond donors (Lipinski definition) is 3. The number of carbonyl (C=O) groups excluding carboxylic acids is 1. The van der Waals surface area contributed by atoms with Gasteiger partial charge in [-0.2, -0.15) is 0 Å². The summed E-state index contributed by atoms with van der Waals surface area (Å²) in [5, 5.41) is 21.0. The summed E-state index contributed by atoms with van der Waals surface area (Å²) in [4.78, 5) is 11.9. The first-order chi connectivity index (χ1) is 12.0. The summed E-state index contributed by atoms with van der Waals surface area (Å²) in [5.74, 6) is 0.799. The minimum atomic E-state index is -0.0994. The van der Waals surface area contributed by atoms with E-state index in [1.807, 2.05) is 18.2 Å². The summed E-state index contributed by atoms with van der Waals surface area (Å²) < 4.78 is 0. The second-order valence-electron chi connectivity index (χ2n) is 7.55. The van der Waals surface area contributed by atoms with Gasteiger partial charge in [0.15, 0.2) is 0 Å².